The smallest absolute Gasteiger partial charge is 0.234 e. The highest BCUT2D eigenvalue weighted by atomic mass is 35.5. The van der Waals surface area contributed by atoms with Gasteiger partial charge in [0.1, 0.15) is 5.15 Å². The van der Waals surface area contributed by atoms with Crippen molar-refractivity contribution in [1.82, 2.24) is 9.88 Å². The second-order valence-electron chi connectivity index (χ2n) is 4.34. The Morgan fingerprint density at radius 2 is 2.41 bits per heavy atom. The maximum Gasteiger partial charge on any atom is 0.234 e. The number of halogens is 1. The molecule has 0 saturated carbocycles. The standard InChI is InChI=1S/C12H16ClN3O/c13-11-9(4-3-6-15-11)8-16-7-2-1-5-10(16)12(14)17/h3-4,6,10H,1-2,5,7-8H2,(H2,14,17). The maximum atomic E-state index is 11.4. The number of hydrogen-bond donors (Lipinski definition) is 1. The van der Waals surface area contributed by atoms with Crippen LogP contribution in [0, 0.1) is 0 Å². The third-order valence-electron chi connectivity index (χ3n) is 3.15. The van der Waals surface area contributed by atoms with E-state index in [4.69, 9.17) is 17.3 Å². The molecule has 1 saturated heterocycles. The molecule has 4 nitrogen and oxygen atoms in total. The minimum Gasteiger partial charge on any atom is -0.368 e. The van der Waals surface area contributed by atoms with Crippen LogP contribution in [0.4, 0.5) is 0 Å². The van der Waals surface area contributed by atoms with Gasteiger partial charge < -0.3 is 5.73 Å². The van der Waals surface area contributed by atoms with Crippen LogP contribution in [0.2, 0.25) is 5.15 Å². The lowest BCUT2D eigenvalue weighted by Crippen LogP contribution is -2.47. The topological polar surface area (TPSA) is 59.2 Å². The number of nitrogens with zero attached hydrogens (tertiary/aromatic N) is 2. The van der Waals surface area contributed by atoms with E-state index in [1.54, 1.807) is 6.20 Å². The number of amides is 1. The summed E-state index contributed by atoms with van der Waals surface area (Å²) in [6, 6.07) is 3.62. The highest BCUT2D eigenvalue weighted by molar-refractivity contribution is 6.30. The SMILES string of the molecule is NC(=O)C1CCCCN1Cc1cccnc1Cl. The van der Waals surface area contributed by atoms with Gasteiger partial charge in [0.25, 0.3) is 0 Å². The Morgan fingerprint density at radius 1 is 1.59 bits per heavy atom. The van der Waals surface area contributed by atoms with E-state index in [1.807, 2.05) is 12.1 Å². The molecule has 92 valence electrons. The minimum atomic E-state index is -0.246. The van der Waals surface area contributed by atoms with Crippen molar-refractivity contribution < 1.29 is 4.79 Å². The van der Waals surface area contributed by atoms with Gasteiger partial charge in [0.05, 0.1) is 6.04 Å². The quantitative estimate of drug-likeness (QED) is 0.832. The Morgan fingerprint density at radius 3 is 3.12 bits per heavy atom. The molecule has 1 aliphatic rings. The predicted molar refractivity (Wildman–Crippen MR) is 66.5 cm³/mol. The van der Waals surface area contributed by atoms with Crippen molar-refractivity contribution in [2.45, 2.75) is 31.8 Å². The van der Waals surface area contributed by atoms with Crippen molar-refractivity contribution in [3.8, 4) is 0 Å². The fourth-order valence-corrected chi connectivity index (χ4v) is 2.44. The Bertz CT molecular complexity index is 410. The van der Waals surface area contributed by atoms with Gasteiger partial charge in [-0.05, 0) is 25.5 Å². The van der Waals surface area contributed by atoms with E-state index >= 15 is 0 Å². The van der Waals surface area contributed by atoms with Crippen LogP contribution in [0.25, 0.3) is 0 Å². The number of pyridine rings is 1. The number of nitrogens with two attached hydrogens (primary N) is 1. The van der Waals surface area contributed by atoms with E-state index in [1.165, 1.54) is 0 Å². The van der Waals surface area contributed by atoms with Crippen molar-refractivity contribution >= 4 is 17.5 Å². The molecule has 1 amide bonds. The number of likely N-dealkylation sites (tertiary alicyclic amines) is 1. The molecule has 1 aromatic heterocycles. The van der Waals surface area contributed by atoms with Gasteiger partial charge in [-0.1, -0.05) is 24.1 Å². The molecule has 2 heterocycles. The molecule has 0 bridgehead atoms. The summed E-state index contributed by atoms with van der Waals surface area (Å²) >= 11 is 6.02. The first-order chi connectivity index (χ1) is 8.18. The number of piperidine rings is 1. The lowest BCUT2D eigenvalue weighted by Gasteiger charge is -2.33. The number of hydrogen-bond acceptors (Lipinski definition) is 3. The summed E-state index contributed by atoms with van der Waals surface area (Å²) in [6.45, 7) is 1.53. The normalized spacial score (nSPS) is 21.4. The largest absolute Gasteiger partial charge is 0.368 e. The molecule has 2 rings (SSSR count). The highest BCUT2D eigenvalue weighted by Gasteiger charge is 2.27. The molecule has 0 aliphatic carbocycles. The van der Waals surface area contributed by atoms with Gasteiger partial charge in [-0.3, -0.25) is 9.69 Å². The van der Waals surface area contributed by atoms with E-state index in [9.17, 15) is 4.79 Å². The van der Waals surface area contributed by atoms with Crippen LogP contribution in [0.3, 0.4) is 0 Å². The lowest BCUT2D eigenvalue weighted by atomic mass is 10.0. The predicted octanol–water partition coefficient (Wildman–Crippen LogP) is 1.57. The van der Waals surface area contributed by atoms with Crippen molar-refractivity contribution in [1.29, 1.82) is 0 Å². The summed E-state index contributed by atoms with van der Waals surface area (Å²) in [5, 5.41) is 0.501. The van der Waals surface area contributed by atoms with Gasteiger partial charge in [-0.2, -0.15) is 0 Å². The summed E-state index contributed by atoms with van der Waals surface area (Å²) in [6.07, 6.45) is 4.66. The van der Waals surface area contributed by atoms with Crippen LogP contribution in [0.15, 0.2) is 18.3 Å². The zero-order valence-electron chi connectivity index (χ0n) is 9.60. The summed E-state index contributed by atoms with van der Waals surface area (Å²) in [5.41, 5.74) is 6.37. The number of aromatic nitrogens is 1. The number of carbonyl (C=O) groups is 1. The van der Waals surface area contributed by atoms with Gasteiger partial charge in [0.2, 0.25) is 5.91 Å². The third-order valence-corrected chi connectivity index (χ3v) is 3.49. The van der Waals surface area contributed by atoms with Crippen molar-refractivity contribution in [2.75, 3.05) is 6.54 Å². The summed E-state index contributed by atoms with van der Waals surface area (Å²) in [7, 11) is 0. The van der Waals surface area contributed by atoms with Crippen LogP contribution in [0.5, 0.6) is 0 Å². The molecular formula is C12H16ClN3O. The van der Waals surface area contributed by atoms with Crippen molar-refractivity contribution in [3.05, 3.63) is 29.0 Å². The van der Waals surface area contributed by atoms with Gasteiger partial charge >= 0.3 is 0 Å². The van der Waals surface area contributed by atoms with E-state index in [2.05, 4.69) is 9.88 Å². The van der Waals surface area contributed by atoms with Crippen LogP contribution < -0.4 is 5.73 Å². The first-order valence-corrected chi connectivity index (χ1v) is 6.19. The van der Waals surface area contributed by atoms with Crippen LogP contribution in [-0.2, 0) is 11.3 Å². The third kappa shape index (κ3) is 2.96. The molecule has 0 aromatic carbocycles. The molecule has 1 fully saturated rings. The van der Waals surface area contributed by atoms with Crippen LogP contribution in [-0.4, -0.2) is 28.4 Å². The average Bonchev–Trinajstić information content (AvgIpc) is 2.32. The fraction of sp³-hybridized carbons (Fsp3) is 0.500. The van der Waals surface area contributed by atoms with Gasteiger partial charge in [0, 0.05) is 18.3 Å². The number of carbonyl (C=O) groups excluding carboxylic acids is 1. The summed E-state index contributed by atoms with van der Waals surface area (Å²) in [4.78, 5) is 17.5. The van der Waals surface area contributed by atoms with Gasteiger partial charge in [-0.25, -0.2) is 4.98 Å². The summed E-state index contributed by atoms with van der Waals surface area (Å²) in [5.74, 6) is -0.246. The Labute approximate surface area is 106 Å². The lowest BCUT2D eigenvalue weighted by molar-refractivity contribution is -0.124. The molecule has 1 atom stereocenters. The molecule has 5 heteroatoms. The highest BCUT2D eigenvalue weighted by Crippen LogP contribution is 2.21. The first-order valence-electron chi connectivity index (χ1n) is 5.81. The fourth-order valence-electron chi connectivity index (χ4n) is 2.26. The van der Waals surface area contributed by atoms with Gasteiger partial charge in [0.15, 0.2) is 0 Å². The van der Waals surface area contributed by atoms with E-state index in [-0.39, 0.29) is 11.9 Å². The zero-order chi connectivity index (χ0) is 12.3. The molecule has 1 unspecified atom stereocenters. The first kappa shape index (κ1) is 12.3. The molecule has 17 heavy (non-hydrogen) atoms. The van der Waals surface area contributed by atoms with Crippen molar-refractivity contribution in [3.63, 3.8) is 0 Å². The number of rotatable bonds is 3. The molecule has 2 N–H and O–H groups in total. The zero-order valence-corrected chi connectivity index (χ0v) is 10.4. The molecule has 0 spiro atoms. The second kappa shape index (κ2) is 5.47. The van der Waals surface area contributed by atoms with Crippen LogP contribution >= 0.6 is 11.6 Å². The van der Waals surface area contributed by atoms with Gasteiger partial charge in [-0.15, -0.1) is 0 Å². The second-order valence-corrected chi connectivity index (χ2v) is 4.70. The molecule has 1 aliphatic heterocycles. The molecular weight excluding hydrogens is 238 g/mol. The Balaban J connectivity index is 2.11. The monoisotopic (exact) mass is 253 g/mol. The maximum absolute atomic E-state index is 11.4. The van der Waals surface area contributed by atoms with E-state index < -0.39 is 0 Å². The molecule has 1 aromatic rings. The molecule has 0 radical (unpaired) electrons. The Hall–Kier alpha value is -1.13. The average molecular weight is 254 g/mol. The Kier molecular flexibility index (Phi) is 3.97. The number of primary amides is 1. The minimum absolute atomic E-state index is 0.167. The summed E-state index contributed by atoms with van der Waals surface area (Å²) < 4.78 is 0. The van der Waals surface area contributed by atoms with E-state index in [0.29, 0.717) is 11.7 Å². The van der Waals surface area contributed by atoms with Crippen LogP contribution in [0.1, 0.15) is 24.8 Å². The van der Waals surface area contributed by atoms with Crippen molar-refractivity contribution in [2.24, 2.45) is 5.73 Å². The van der Waals surface area contributed by atoms with E-state index in [0.717, 1.165) is 31.4 Å².